The van der Waals surface area contributed by atoms with Crippen molar-refractivity contribution in [2.75, 3.05) is 11.5 Å². The van der Waals surface area contributed by atoms with E-state index in [2.05, 4.69) is 15.0 Å². The summed E-state index contributed by atoms with van der Waals surface area (Å²) in [6, 6.07) is 8.03. The van der Waals surface area contributed by atoms with Crippen molar-refractivity contribution in [2.24, 2.45) is 5.41 Å². The number of nitrogens with zero attached hydrogens (tertiary/aromatic N) is 4. The van der Waals surface area contributed by atoms with Gasteiger partial charge in [0.15, 0.2) is 5.75 Å². The third-order valence-electron chi connectivity index (χ3n) is 5.10. The fraction of sp³-hybridized carbons (Fsp3) is 0.273. The van der Waals surface area contributed by atoms with Crippen LogP contribution in [0.2, 0.25) is 0 Å². The smallest absolute Gasteiger partial charge is 0.242 e. The van der Waals surface area contributed by atoms with Gasteiger partial charge in [-0.3, -0.25) is 9.69 Å². The summed E-state index contributed by atoms with van der Waals surface area (Å²) >= 11 is 0. The van der Waals surface area contributed by atoms with E-state index in [0.29, 0.717) is 18.7 Å². The highest BCUT2D eigenvalue weighted by Crippen LogP contribution is 2.49. The van der Waals surface area contributed by atoms with E-state index in [1.54, 1.807) is 13.0 Å². The molecule has 0 aliphatic heterocycles. The predicted octanol–water partition coefficient (Wildman–Crippen LogP) is 4.45. The number of aryl methyl sites for hydroxylation is 1. The van der Waals surface area contributed by atoms with Crippen LogP contribution in [0.25, 0.3) is 0 Å². The number of rotatable bonds is 7. The van der Waals surface area contributed by atoms with E-state index < -0.39 is 23.7 Å². The number of carbonyl (C=O) groups excluding carboxylic acids is 1. The van der Waals surface area contributed by atoms with E-state index >= 15 is 0 Å². The summed E-state index contributed by atoms with van der Waals surface area (Å²) in [5, 5.41) is 0. The molecule has 3 aromatic rings. The Morgan fingerprint density at radius 1 is 1.13 bits per heavy atom. The monoisotopic (exact) mass is 428 g/mol. The zero-order chi connectivity index (χ0) is 22.0. The zero-order valence-corrected chi connectivity index (χ0v) is 16.7. The van der Waals surface area contributed by atoms with Crippen LogP contribution < -0.4 is 9.64 Å². The van der Waals surface area contributed by atoms with Gasteiger partial charge < -0.3 is 4.74 Å². The molecule has 1 aliphatic carbocycles. The molecule has 0 N–H and O–H groups in total. The van der Waals surface area contributed by atoms with Crippen LogP contribution in [-0.4, -0.2) is 27.5 Å². The van der Waals surface area contributed by atoms with Crippen LogP contribution >= 0.6 is 0 Å². The number of amides is 1. The minimum atomic E-state index is -0.902. The van der Waals surface area contributed by atoms with E-state index in [0.717, 1.165) is 6.20 Å². The summed E-state index contributed by atoms with van der Waals surface area (Å²) in [6.45, 7) is 0.786. The second-order valence-corrected chi connectivity index (χ2v) is 7.39. The second-order valence-electron chi connectivity index (χ2n) is 7.39. The van der Waals surface area contributed by atoms with Crippen LogP contribution in [0.5, 0.6) is 5.75 Å². The van der Waals surface area contributed by atoms with Crippen LogP contribution in [0.3, 0.4) is 0 Å². The number of anilines is 2. The van der Waals surface area contributed by atoms with Crippen molar-refractivity contribution in [1.29, 1.82) is 0 Å². The molecule has 2 heterocycles. The summed E-state index contributed by atoms with van der Waals surface area (Å²) in [4.78, 5) is 26.8. The zero-order valence-electron chi connectivity index (χ0n) is 16.7. The molecule has 0 saturated heterocycles. The van der Waals surface area contributed by atoms with Crippen molar-refractivity contribution in [1.82, 2.24) is 15.0 Å². The lowest BCUT2D eigenvalue weighted by Gasteiger charge is -2.27. The maximum atomic E-state index is 13.9. The van der Waals surface area contributed by atoms with Gasteiger partial charge in [0, 0.05) is 0 Å². The first kappa shape index (κ1) is 20.8. The van der Waals surface area contributed by atoms with Gasteiger partial charge in [-0.25, -0.2) is 28.1 Å². The maximum absolute atomic E-state index is 13.9. The molecule has 0 radical (unpaired) electrons. The highest BCUT2D eigenvalue weighted by atomic mass is 19.1. The molecule has 1 saturated carbocycles. The Labute approximate surface area is 176 Å². The Balaban J connectivity index is 1.63. The molecule has 1 aromatic carbocycles. The van der Waals surface area contributed by atoms with Gasteiger partial charge in [-0.1, -0.05) is 6.07 Å². The van der Waals surface area contributed by atoms with E-state index in [4.69, 9.17) is 4.74 Å². The molecule has 1 amide bonds. The second kappa shape index (κ2) is 8.33. The lowest BCUT2D eigenvalue weighted by Crippen LogP contribution is -2.37. The Hall–Kier alpha value is -3.49. The number of benzene rings is 1. The molecule has 1 aliphatic rings. The van der Waals surface area contributed by atoms with E-state index in [9.17, 15) is 18.0 Å². The lowest BCUT2D eigenvalue weighted by molar-refractivity contribution is -0.124. The van der Waals surface area contributed by atoms with Crippen molar-refractivity contribution in [3.63, 3.8) is 0 Å². The van der Waals surface area contributed by atoms with E-state index in [1.807, 2.05) is 0 Å². The van der Waals surface area contributed by atoms with Gasteiger partial charge in [0.25, 0.3) is 0 Å². The van der Waals surface area contributed by atoms with E-state index in [-0.39, 0.29) is 35.5 Å². The van der Waals surface area contributed by atoms with E-state index in [1.165, 1.54) is 41.4 Å². The predicted molar refractivity (Wildman–Crippen MR) is 106 cm³/mol. The average molecular weight is 428 g/mol. The van der Waals surface area contributed by atoms with Crippen LogP contribution in [0.4, 0.5) is 24.7 Å². The van der Waals surface area contributed by atoms with Gasteiger partial charge in [-0.15, -0.1) is 0 Å². The quantitative estimate of drug-likeness (QED) is 0.556. The van der Waals surface area contributed by atoms with Gasteiger partial charge in [0.2, 0.25) is 5.91 Å². The number of hydrogen-bond acceptors (Lipinski definition) is 5. The van der Waals surface area contributed by atoms with Gasteiger partial charge in [-0.05, 0) is 50.1 Å². The largest absolute Gasteiger partial charge is 0.489 e. The van der Waals surface area contributed by atoms with Gasteiger partial charge in [0.05, 0.1) is 23.5 Å². The number of ether oxygens (including phenoxy) is 1. The number of pyridine rings is 1. The van der Waals surface area contributed by atoms with Crippen LogP contribution in [0.1, 0.15) is 24.4 Å². The molecule has 160 valence electrons. The molecule has 0 bridgehead atoms. The van der Waals surface area contributed by atoms with Crippen LogP contribution in [0, 0.1) is 24.0 Å². The van der Waals surface area contributed by atoms with Crippen LogP contribution in [0.15, 0.2) is 48.8 Å². The number of hydrogen-bond donors (Lipinski definition) is 0. The molecule has 0 spiro atoms. The molecule has 6 nitrogen and oxygen atoms in total. The van der Waals surface area contributed by atoms with Crippen molar-refractivity contribution in [3.8, 4) is 5.75 Å². The van der Waals surface area contributed by atoms with Gasteiger partial charge in [-0.2, -0.15) is 0 Å². The van der Waals surface area contributed by atoms with Gasteiger partial charge >= 0.3 is 0 Å². The molecule has 31 heavy (non-hydrogen) atoms. The number of halogens is 3. The highest BCUT2D eigenvalue weighted by Gasteiger charge is 2.53. The first-order chi connectivity index (χ1) is 14.9. The molecule has 2 aromatic heterocycles. The Morgan fingerprint density at radius 2 is 1.94 bits per heavy atom. The standard InChI is InChI=1S/C22H19F3N4O2/c1-14-26-12-19(18(10-23)28-14)31-13-22(7-8-22)21(30)29(17-4-2-3-15(24)9-17)20-6-5-16(25)11-27-20/h2-6,9,11-12H,7-8,10,13H2,1H3. The Kier molecular flexibility index (Phi) is 5.58. The summed E-state index contributed by atoms with van der Waals surface area (Å²) in [6.07, 6.45) is 3.42. The summed E-state index contributed by atoms with van der Waals surface area (Å²) in [5.41, 5.74) is -0.530. The molecular formula is C22H19F3N4O2. The SMILES string of the molecule is Cc1ncc(OCC2(C(=O)N(c3cccc(F)c3)c3ccc(F)cn3)CC2)c(CF)n1. The first-order valence-electron chi connectivity index (χ1n) is 9.65. The third-order valence-corrected chi connectivity index (χ3v) is 5.10. The minimum Gasteiger partial charge on any atom is -0.489 e. The number of carbonyl (C=O) groups is 1. The fourth-order valence-corrected chi connectivity index (χ4v) is 3.22. The topological polar surface area (TPSA) is 68.2 Å². The van der Waals surface area contributed by atoms with Crippen molar-refractivity contribution in [2.45, 2.75) is 26.4 Å². The first-order valence-corrected chi connectivity index (χ1v) is 9.65. The lowest BCUT2D eigenvalue weighted by atomic mass is 10.1. The Morgan fingerprint density at radius 3 is 2.58 bits per heavy atom. The average Bonchev–Trinajstić information content (AvgIpc) is 3.55. The number of aromatic nitrogens is 3. The molecule has 0 unspecified atom stereocenters. The molecule has 4 rings (SSSR count). The molecule has 0 atom stereocenters. The molecule has 9 heteroatoms. The fourth-order valence-electron chi connectivity index (χ4n) is 3.22. The van der Waals surface area contributed by atoms with Crippen molar-refractivity contribution >= 4 is 17.4 Å². The molecule has 1 fully saturated rings. The highest BCUT2D eigenvalue weighted by molar-refractivity contribution is 6.04. The van der Waals surface area contributed by atoms with Crippen molar-refractivity contribution in [3.05, 3.63) is 71.9 Å². The summed E-state index contributed by atoms with van der Waals surface area (Å²) in [7, 11) is 0. The van der Waals surface area contributed by atoms with Crippen molar-refractivity contribution < 1.29 is 22.7 Å². The van der Waals surface area contributed by atoms with Crippen LogP contribution in [-0.2, 0) is 11.5 Å². The number of alkyl halides is 1. The maximum Gasteiger partial charge on any atom is 0.242 e. The Bertz CT molecular complexity index is 1100. The summed E-state index contributed by atoms with van der Waals surface area (Å²) in [5.74, 6) is -0.708. The summed E-state index contributed by atoms with van der Waals surface area (Å²) < 4.78 is 46.3. The minimum absolute atomic E-state index is 0.0295. The molecular weight excluding hydrogens is 409 g/mol. The third kappa shape index (κ3) is 4.35. The van der Waals surface area contributed by atoms with Gasteiger partial charge in [0.1, 0.15) is 42.3 Å². The normalized spacial score (nSPS) is 14.2.